The zero-order valence-corrected chi connectivity index (χ0v) is 10.9. The van der Waals surface area contributed by atoms with Crippen LogP contribution in [-0.2, 0) is 4.79 Å². The summed E-state index contributed by atoms with van der Waals surface area (Å²) in [6.07, 6.45) is 3.57. The van der Waals surface area contributed by atoms with Crippen molar-refractivity contribution in [2.45, 2.75) is 45.2 Å². The predicted octanol–water partition coefficient (Wildman–Crippen LogP) is 2.07. The van der Waals surface area contributed by atoms with Crippen molar-refractivity contribution in [3.8, 4) is 0 Å². The van der Waals surface area contributed by atoms with Crippen molar-refractivity contribution in [2.75, 3.05) is 18.1 Å². The van der Waals surface area contributed by atoms with Crippen LogP contribution < -0.4 is 0 Å². The molecule has 1 aliphatic carbocycles. The summed E-state index contributed by atoms with van der Waals surface area (Å²) in [4.78, 5) is 13.2. The first-order chi connectivity index (χ1) is 7.50. The number of carboxylic acid groups (broad SMARTS) is 1. The van der Waals surface area contributed by atoms with Gasteiger partial charge < -0.3 is 5.11 Å². The summed E-state index contributed by atoms with van der Waals surface area (Å²) in [5, 5.41) is 9.01. The predicted molar refractivity (Wildman–Crippen MR) is 66.9 cm³/mol. The molecule has 0 radical (unpaired) electrons. The van der Waals surface area contributed by atoms with Gasteiger partial charge in [-0.25, -0.2) is 0 Å². The molecule has 16 heavy (non-hydrogen) atoms. The number of thioether (sulfide) groups is 1. The molecule has 1 saturated heterocycles. The third-order valence-corrected chi connectivity index (χ3v) is 4.85. The maximum Gasteiger partial charge on any atom is 0.317 e. The van der Waals surface area contributed by atoms with Gasteiger partial charge >= 0.3 is 5.97 Å². The smallest absolute Gasteiger partial charge is 0.317 e. The number of carboxylic acids is 1. The quantitative estimate of drug-likeness (QED) is 0.820. The Hall–Kier alpha value is -0.220. The Labute approximate surface area is 102 Å². The summed E-state index contributed by atoms with van der Waals surface area (Å²) in [6, 6.07) is 0.980. The average molecular weight is 243 g/mol. The molecular weight excluding hydrogens is 222 g/mol. The average Bonchev–Trinajstić information content (AvgIpc) is 2.97. The molecule has 4 heteroatoms. The molecular formula is C12H21NO2S. The minimum atomic E-state index is -0.682. The normalized spacial score (nSPS) is 29.3. The van der Waals surface area contributed by atoms with Gasteiger partial charge in [-0.05, 0) is 30.4 Å². The number of nitrogens with zero attached hydrogens (tertiary/aromatic N) is 1. The van der Waals surface area contributed by atoms with E-state index in [-0.39, 0.29) is 12.0 Å². The van der Waals surface area contributed by atoms with E-state index >= 15 is 0 Å². The Bertz CT molecular complexity index is 276. The summed E-state index contributed by atoms with van der Waals surface area (Å²) >= 11 is 1.97. The molecule has 0 aromatic carbocycles. The Morgan fingerprint density at radius 3 is 2.69 bits per heavy atom. The van der Waals surface area contributed by atoms with Crippen molar-refractivity contribution in [3.05, 3.63) is 0 Å². The number of rotatable bonds is 4. The van der Waals surface area contributed by atoms with Crippen molar-refractivity contribution < 1.29 is 9.90 Å². The SMILES string of the molecule is CC1(C)CCSCC1N(CC(=O)O)C1CC1. The fraction of sp³-hybridized carbons (Fsp3) is 0.917. The number of hydrogen-bond donors (Lipinski definition) is 1. The lowest BCUT2D eigenvalue weighted by atomic mass is 9.81. The molecule has 92 valence electrons. The topological polar surface area (TPSA) is 40.5 Å². The van der Waals surface area contributed by atoms with Crippen LogP contribution in [0.4, 0.5) is 0 Å². The van der Waals surface area contributed by atoms with Gasteiger partial charge in [0.25, 0.3) is 0 Å². The van der Waals surface area contributed by atoms with Gasteiger partial charge in [0.15, 0.2) is 0 Å². The van der Waals surface area contributed by atoms with Crippen molar-refractivity contribution in [1.29, 1.82) is 0 Å². The van der Waals surface area contributed by atoms with Gasteiger partial charge in [0.1, 0.15) is 0 Å². The molecule has 2 aliphatic rings. The zero-order valence-electron chi connectivity index (χ0n) is 10.1. The van der Waals surface area contributed by atoms with Crippen LogP contribution in [0, 0.1) is 5.41 Å². The van der Waals surface area contributed by atoms with Gasteiger partial charge in [-0.15, -0.1) is 0 Å². The molecule has 1 saturated carbocycles. The van der Waals surface area contributed by atoms with E-state index in [1.165, 1.54) is 25.0 Å². The van der Waals surface area contributed by atoms with Crippen LogP contribution in [0.25, 0.3) is 0 Å². The summed E-state index contributed by atoms with van der Waals surface area (Å²) in [5.74, 6) is 1.63. The van der Waals surface area contributed by atoms with E-state index < -0.39 is 5.97 Å². The summed E-state index contributed by atoms with van der Waals surface area (Å²) < 4.78 is 0. The van der Waals surface area contributed by atoms with E-state index in [1.54, 1.807) is 0 Å². The molecule has 1 atom stereocenters. The number of carbonyl (C=O) groups is 1. The first-order valence-corrected chi connectivity index (χ1v) is 7.21. The van der Waals surface area contributed by atoms with Crippen LogP contribution in [0.15, 0.2) is 0 Å². The lowest BCUT2D eigenvalue weighted by molar-refractivity contribution is -0.139. The highest BCUT2D eigenvalue weighted by Gasteiger charge is 2.43. The maximum absolute atomic E-state index is 10.9. The monoisotopic (exact) mass is 243 g/mol. The molecule has 0 aromatic rings. The molecule has 1 unspecified atom stereocenters. The van der Waals surface area contributed by atoms with Gasteiger partial charge in [-0.1, -0.05) is 13.8 Å². The van der Waals surface area contributed by atoms with Crippen LogP contribution in [0.2, 0.25) is 0 Å². The minimum absolute atomic E-state index is 0.222. The first kappa shape index (κ1) is 12.2. The van der Waals surface area contributed by atoms with Crippen LogP contribution in [0.1, 0.15) is 33.1 Å². The number of hydrogen-bond acceptors (Lipinski definition) is 3. The maximum atomic E-state index is 10.9. The molecule has 3 nitrogen and oxygen atoms in total. The highest BCUT2D eigenvalue weighted by atomic mass is 32.2. The van der Waals surface area contributed by atoms with Gasteiger partial charge in [-0.2, -0.15) is 11.8 Å². The second kappa shape index (κ2) is 4.57. The highest BCUT2D eigenvalue weighted by Crippen LogP contribution is 2.41. The summed E-state index contributed by atoms with van der Waals surface area (Å²) in [7, 11) is 0. The van der Waals surface area contributed by atoms with Gasteiger partial charge in [-0.3, -0.25) is 9.69 Å². The highest BCUT2D eigenvalue weighted by molar-refractivity contribution is 7.99. The van der Waals surface area contributed by atoms with E-state index in [4.69, 9.17) is 5.11 Å². The van der Waals surface area contributed by atoms with Crippen LogP contribution >= 0.6 is 11.8 Å². The standard InChI is InChI=1S/C12H21NO2S/c1-12(2)5-6-16-8-10(12)13(7-11(14)15)9-3-4-9/h9-10H,3-8H2,1-2H3,(H,14,15). The molecule has 1 heterocycles. The number of aliphatic carboxylic acids is 1. The van der Waals surface area contributed by atoms with E-state index in [2.05, 4.69) is 18.7 Å². The van der Waals surface area contributed by atoms with E-state index in [0.717, 1.165) is 5.75 Å². The van der Waals surface area contributed by atoms with Gasteiger partial charge in [0, 0.05) is 17.8 Å². The Morgan fingerprint density at radius 2 is 2.19 bits per heavy atom. The van der Waals surface area contributed by atoms with Crippen molar-refractivity contribution >= 4 is 17.7 Å². The Balaban J connectivity index is 2.08. The zero-order chi connectivity index (χ0) is 11.8. The Kier molecular flexibility index (Phi) is 3.50. The van der Waals surface area contributed by atoms with E-state index in [0.29, 0.717) is 12.1 Å². The fourth-order valence-corrected chi connectivity index (χ4v) is 4.23. The third-order valence-electron chi connectivity index (χ3n) is 3.80. The van der Waals surface area contributed by atoms with Crippen molar-refractivity contribution in [3.63, 3.8) is 0 Å². The Morgan fingerprint density at radius 1 is 1.50 bits per heavy atom. The van der Waals surface area contributed by atoms with Gasteiger partial charge in [0.2, 0.25) is 0 Å². The van der Waals surface area contributed by atoms with Crippen molar-refractivity contribution in [2.24, 2.45) is 5.41 Å². The first-order valence-electron chi connectivity index (χ1n) is 6.06. The molecule has 1 N–H and O–H groups in total. The van der Waals surface area contributed by atoms with Crippen LogP contribution in [0.5, 0.6) is 0 Å². The summed E-state index contributed by atoms with van der Waals surface area (Å²) in [6.45, 7) is 4.79. The van der Waals surface area contributed by atoms with E-state index in [1.807, 2.05) is 11.8 Å². The lowest BCUT2D eigenvalue weighted by Gasteiger charge is -2.44. The lowest BCUT2D eigenvalue weighted by Crippen LogP contribution is -2.52. The minimum Gasteiger partial charge on any atom is -0.480 e. The molecule has 0 spiro atoms. The van der Waals surface area contributed by atoms with E-state index in [9.17, 15) is 4.79 Å². The van der Waals surface area contributed by atoms with Crippen molar-refractivity contribution in [1.82, 2.24) is 4.90 Å². The molecule has 0 aromatic heterocycles. The second-order valence-electron chi connectivity index (χ2n) is 5.63. The fourth-order valence-electron chi connectivity index (χ4n) is 2.52. The van der Waals surface area contributed by atoms with Crippen LogP contribution in [-0.4, -0.2) is 46.1 Å². The molecule has 2 fully saturated rings. The summed E-state index contributed by atoms with van der Waals surface area (Å²) in [5.41, 5.74) is 0.267. The largest absolute Gasteiger partial charge is 0.480 e. The molecule has 0 amide bonds. The van der Waals surface area contributed by atoms with Gasteiger partial charge in [0.05, 0.1) is 6.54 Å². The molecule has 2 rings (SSSR count). The second-order valence-corrected chi connectivity index (χ2v) is 6.78. The molecule has 1 aliphatic heterocycles. The third kappa shape index (κ3) is 2.72. The molecule has 0 bridgehead atoms. The van der Waals surface area contributed by atoms with Crippen LogP contribution in [0.3, 0.4) is 0 Å².